The molecule has 0 atom stereocenters. The molecule has 1 aliphatic rings. The minimum atomic E-state index is -0.345. The van der Waals surface area contributed by atoms with Gasteiger partial charge in [-0.05, 0) is 84.9 Å². The third-order valence-corrected chi connectivity index (χ3v) is 6.30. The van der Waals surface area contributed by atoms with Gasteiger partial charge in [0.1, 0.15) is 24.0 Å². The van der Waals surface area contributed by atoms with Crippen LogP contribution < -0.4 is 4.74 Å². The van der Waals surface area contributed by atoms with Crippen molar-refractivity contribution in [1.29, 1.82) is 0 Å². The number of rotatable bonds is 6. The van der Waals surface area contributed by atoms with Gasteiger partial charge in [0.2, 0.25) is 0 Å². The van der Waals surface area contributed by atoms with Crippen molar-refractivity contribution in [2.75, 3.05) is 6.54 Å². The number of likely N-dealkylation sites (N-methyl/N-ethyl adjacent to an activating group) is 1. The quantitative estimate of drug-likeness (QED) is 0.325. The van der Waals surface area contributed by atoms with Crippen LogP contribution in [0.25, 0.3) is 6.08 Å². The van der Waals surface area contributed by atoms with Crippen molar-refractivity contribution in [1.82, 2.24) is 4.90 Å². The van der Waals surface area contributed by atoms with Crippen LogP contribution in [0.3, 0.4) is 0 Å². The Morgan fingerprint density at radius 1 is 1.06 bits per heavy atom. The first-order valence-corrected chi connectivity index (χ1v) is 11.8. The first-order chi connectivity index (χ1) is 15.9. The number of thioether (sulfide) groups is 1. The number of amides is 1. The van der Waals surface area contributed by atoms with E-state index in [1.807, 2.05) is 19.1 Å². The third kappa shape index (κ3) is 5.69. The first kappa shape index (κ1) is 23.2. The van der Waals surface area contributed by atoms with E-state index in [-0.39, 0.29) is 24.1 Å². The smallest absolute Gasteiger partial charge is 0.266 e. The van der Waals surface area contributed by atoms with Crippen molar-refractivity contribution in [2.45, 2.75) is 13.5 Å². The summed E-state index contributed by atoms with van der Waals surface area (Å²) in [4.78, 5) is 19.6. The number of carbonyl (C=O) groups is 1. The van der Waals surface area contributed by atoms with E-state index in [9.17, 15) is 13.6 Å². The Morgan fingerprint density at radius 3 is 2.58 bits per heavy atom. The van der Waals surface area contributed by atoms with E-state index < -0.39 is 0 Å². The molecule has 0 unspecified atom stereocenters. The summed E-state index contributed by atoms with van der Waals surface area (Å²) < 4.78 is 33.4. The topological polar surface area (TPSA) is 41.9 Å². The molecule has 0 saturated carbocycles. The number of halogens is 3. The van der Waals surface area contributed by atoms with Gasteiger partial charge in [-0.3, -0.25) is 9.69 Å². The monoisotopic (exact) mass is 528 g/mol. The van der Waals surface area contributed by atoms with Crippen molar-refractivity contribution in [3.8, 4) is 5.75 Å². The highest BCUT2D eigenvalue weighted by molar-refractivity contribution is 9.10. The van der Waals surface area contributed by atoms with Crippen LogP contribution in [0.2, 0.25) is 0 Å². The lowest BCUT2D eigenvalue weighted by Gasteiger charge is -2.12. The van der Waals surface area contributed by atoms with Crippen molar-refractivity contribution in [3.63, 3.8) is 0 Å². The van der Waals surface area contributed by atoms with Gasteiger partial charge in [-0.2, -0.15) is 0 Å². The summed E-state index contributed by atoms with van der Waals surface area (Å²) in [7, 11) is 0. The number of hydrogen-bond acceptors (Lipinski definition) is 4. The molecule has 1 amide bonds. The molecule has 1 heterocycles. The van der Waals surface area contributed by atoms with Crippen molar-refractivity contribution in [2.24, 2.45) is 4.99 Å². The molecule has 3 aromatic carbocycles. The van der Waals surface area contributed by atoms with Crippen molar-refractivity contribution < 1.29 is 18.3 Å². The minimum absolute atomic E-state index is 0.167. The number of hydrogen-bond donors (Lipinski definition) is 0. The van der Waals surface area contributed by atoms with E-state index in [0.717, 1.165) is 4.47 Å². The molecule has 0 bridgehead atoms. The Bertz CT molecular complexity index is 1250. The van der Waals surface area contributed by atoms with Gasteiger partial charge in [-0.25, -0.2) is 13.8 Å². The van der Waals surface area contributed by atoms with Gasteiger partial charge in [0, 0.05) is 16.6 Å². The SMILES string of the molecule is CCN1C(=O)/C(=C\c2cc(Br)ccc2OCc2cccc(F)c2)SC1=Nc1ccc(F)cc1. The van der Waals surface area contributed by atoms with Gasteiger partial charge in [0.05, 0.1) is 10.6 Å². The lowest BCUT2D eigenvalue weighted by atomic mass is 10.1. The molecule has 1 saturated heterocycles. The van der Waals surface area contributed by atoms with E-state index in [2.05, 4.69) is 20.9 Å². The first-order valence-electron chi connectivity index (χ1n) is 10.2. The second kappa shape index (κ2) is 10.3. The maximum absolute atomic E-state index is 13.5. The molecule has 33 heavy (non-hydrogen) atoms. The summed E-state index contributed by atoms with van der Waals surface area (Å²) in [5, 5.41) is 0.526. The normalized spacial score (nSPS) is 16.1. The summed E-state index contributed by atoms with van der Waals surface area (Å²) >= 11 is 4.71. The average Bonchev–Trinajstić information content (AvgIpc) is 3.08. The maximum atomic E-state index is 13.5. The van der Waals surface area contributed by atoms with Gasteiger partial charge in [-0.15, -0.1) is 0 Å². The molecule has 8 heteroatoms. The molecule has 0 N–H and O–H groups in total. The molecule has 0 radical (unpaired) electrons. The van der Waals surface area contributed by atoms with Crippen LogP contribution in [0.1, 0.15) is 18.1 Å². The van der Waals surface area contributed by atoms with Crippen LogP contribution in [-0.4, -0.2) is 22.5 Å². The van der Waals surface area contributed by atoms with Crippen molar-refractivity contribution >= 4 is 50.5 Å². The Labute approximate surface area is 203 Å². The van der Waals surface area contributed by atoms with Crippen molar-refractivity contribution in [3.05, 3.63) is 98.9 Å². The fraction of sp³-hybridized carbons (Fsp3) is 0.120. The Kier molecular flexibility index (Phi) is 7.25. The third-order valence-electron chi connectivity index (χ3n) is 4.80. The summed E-state index contributed by atoms with van der Waals surface area (Å²) in [6, 6.07) is 17.5. The van der Waals surface area contributed by atoms with Gasteiger partial charge in [-0.1, -0.05) is 28.1 Å². The molecular weight excluding hydrogens is 510 g/mol. The molecule has 0 aromatic heterocycles. The predicted molar refractivity (Wildman–Crippen MR) is 131 cm³/mol. The van der Waals surface area contributed by atoms with E-state index in [1.54, 1.807) is 41.3 Å². The van der Waals surface area contributed by atoms with Gasteiger partial charge >= 0.3 is 0 Å². The van der Waals surface area contributed by atoms with E-state index >= 15 is 0 Å². The number of ether oxygens (including phenoxy) is 1. The van der Waals surface area contributed by atoms with Crippen LogP contribution in [-0.2, 0) is 11.4 Å². The molecule has 4 nitrogen and oxygen atoms in total. The van der Waals surface area contributed by atoms with Crippen LogP contribution in [0.4, 0.5) is 14.5 Å². The van der Waals surface area contributed by atoms with Gasteiger partial charge < -0.3 is 4.74 Å². The van der Waals surface area contributed by atoms with Crippen LogP contribution in [0.15, 0.2) is 81.1 Å². The molecule has 0 aliphatic carbocycles. The highest BCUT2D eigenvalue weighted by Gasteiger charge is 2.32. The number of amidine groups is 1. The van der Waals surface area contributed by atoms with Crippen LogP contribution >= 0.6 is 27.7 Å². The molecule has 3 aromatic rings. The largest absolute Gasteiger partial charge is 0.488 e. The fourth-order valence-electron chi connectivity index (χ4n) is 3.19. The zero-order chi connectivity index (χ0) is 23.4. The number of nitrogens with zero attached hydrogens (tertiary/aromatic N) is 2. The second-order valence-corrected chi connectivity index (χ2v) is 9.06. The molecule has 4 rings (SSSR count). The number of carbonyl (C=O) groups excluding carboxylic acids is 1. The summed E-state index contributed by atoms with van der Waals surface area (Å²) in [5.74, 6) is -0.271. The number of aliphatic imine (C=N–C) groups is 1. The van der Waals surface area contributed by atoms with E-state index in [1.165, 1.54) is 36.0 Å². The highest BCUT2D eigenvalue weighted by Crippen LogP contribution is 2.36. The van der Waals surface area contributed by atoms with Gasteiger partial charge in [0.25, 0.3) is 5.91 Å². The Hall–Kier alpha value is -2.97. The fourth-order valence-corrected chi connectivity index (χ4v) is 4.62. The van der Waals surface area contributed by atoms with Crippen LogP contribution in [0.5, 0.6) is 5.75 Å². The second-order valence-electron chi connectivity index (χ2n) is 7.13. The Morgan fingerprint density at radius 2 is 1.85 bits per heavy atom. The van der Waals surface area contributed by atoms with E-state index in [0.29, 0.717) is 39.2 Å². The molecule has 0 spiro atoms. The minimum Gasteiger partial charge on any atom is -0.488 e. The predicted octanol–water partition coefficient (Wildman–Crippen LogP) is 6.93. The highest BCUT2D eigenvalue weighted by atomic mass is 79.9. The summed E-state index contributed by atoms with van der Waals surface area (Å²) in [6.07, 6.45) is 1.76. The molecule has 168 valence electrons. The standard InChI is InChI=1S/C25H19BrF2N2O2S/c1-2-30-24(31)23(33-25(30)29-21-9-7-19(27)8-10-21)14-17-13-18(26)6-11-22(17)32-15-16-4-3-5-20(28)12-16/h3-14H,2,15H2,1H3/b23-14+,29-25?. The zero-order valence-electron chi connectivity index (χ0n) is 17.6. The summed E-state index contributed by atoms with van der Waals surface area (Å²) in [6.45, 7) is 2.51. The molecule has 1 aliphatic heterocycles. The lowest BCUT2D eigenvalue weighted by molar-refractivity contribution is -0.122. The van der Waals surface area contributed by atoms with E-state index in [4.69, 9.17) is 4.74 Å². The molecule has 1 fully saturated rings. The maximum Gasteiger partial charge on any atom is 0.266 e. The van der Waals surface area contributed by atoms with Crippen LogP contribution in [0, 0.1) is 11.6 Å². The molecular formula is C25H19BrF2N2O2S. The summed E-state index contributed by atoms with van der Waals surface area (Å²) in [5.41, 5.74) is 1.97. The van der Waals surface area contributed by atoms with Gasteiger partial charge in [0.15, 0.2) is 5.17 Å². The average molecular weight is 529 g/mol. The number of benzene rings is 3. The lowest BCUT2D eigenvalue weighted by Crippen LogP contribution is -2.28. The zero-order valence-corrected chi connectivity index (χ0v) is 20.0. The Balaban J connectivity index is 1.61.